The van der Waals surface area contributed by atoms with E-state index in [2.05, 4.69) is 105 Å². The standard InChI is InChI=1S/C41H70O6Si2/c1-28(19-24-36(42)40(9,10)45-37(43)44-12)33-22-23-34-30(18-17-25-41(33,34)11)20-21-31-26-32(46-48(13,14)38(3,4)5)27-35(29(31)2)47-49(15,16)39(6,7)8/h19-21,24,28,32-35H,2,17-18,22-23,25-27H2,1,3-16H3/b24-19+,30-20+,31-21-/t28-,32-,33-,34+,35+,41-/m1/s1. The Hall–Kier alpha value is -1.75. The highest BCUT2D eigenvalue weighted by Gasteiger charge is 2.50. The number of rotatable bonds is 10. The summed E-state index contributed by atoms with van der Waals surface area (Å²) in [6.07, 6.45) is 15.2. The molecule has 0 N–H and O–H groups in total. The first kappa shape index (κ1) is 41.7. The van der Waals surface area contributed by atoms with Gasteiger partial charge in [-0.05, 0) is 129 Å². The SMILES string of the molecule is C=C1/C(=C\C=C2/CCC[C@]3(C)[C@@H]([C@H](C)/C=C/C(=O)C(C)(C)OC(=O)OC)CC[C@@H]23)C[C@@H](O[Si](C)(C)C(C)(C)C)C[C@@H]1O[Si](C)(C)C(C)(C)C. The van der Waals surface area contributed by atoms with E-state index in [-0.39, 0.29) is 39.4 Å². The van der Waals surface area contributed by atoms with E-state index in [0.29, 0.717) is 11.8 Å². The third-order valence-electron chi connectivity index (χ3n) is 13.1. The molecule has 0 aromatic rings. The van der Waals surface area contributed by atoms with Gasteiger partial charge < -0.3 is 18.3 Å². The molecule has 278 valence electrons. The highest BCUT2D eigenvalue weighted by molar-refractivity contribution is 6.74. The van der Waals surface area contributed by atoms with Crippen LogP contribution in [0.25, 0.3) is 0 Å². The zero-order chi connectivity index (χ0) is 37.4. The molecule has 0 amide bonds. The monoisotopic (exact) mass is 714 g/mol. The van der Waals surface area contributed by atoms with Crippen LogP contribution in [-0.2, 0) is 23.1 Å². The van der Waals surface area contributed by atoms with E-state index in [0.717, 1.165) is 37.7 Å². The molecule has 0 heterocycles. The average molecular weight is 715 g/mol. The fraction of sp³-hybridized carbons (Fsp3) is 0.756. The first-order valence-electron chi connectivity index (χ1n) is 18.7. The van der Waals surface area contributed by atoms with E-state index in [1.807, 2.05) is 6.08 Å². The molecular weight excluding hydrogens is 645 g/mol. The third kappa shape index (κ3) is 9.58. The normalized spacial score (nSPS) is 29.7. The number of hydrogen-bond donors (Lipinski definition) is 0. The van der Waals surface area contributed by atoms with Crippen molar-refractivity contribution in [2.45, 2.75) is 168 Å². The Morgan fingerprint density at radius 3 is 2.10 bits per heavy atom. The largest absolute Gasteiger partial charge is 0.508 e. The van der Waals surface area contributed by atoms with Crippen LogP contribution in [0.1, 0.15) is 114 Å². The maximum atomic E-state index is 13.0. The maximum Gasteiger partial charge on any atom is 0.508 e. The van der Waals surface area contributed by atoms with Crippen molar-refractivity contribution in [2.75, 3.05) is 7.11 Å². The van der Waals surface area contributed by atoms with Crippen LogP contribution in [0.3, 0.4) is 0 Å². The predicted octanol–water partition coefficient (Wildman–Crippen LogP) is 11.5. The maximum absolute atomic E-state index is 13.0. The van der Waals surface area contributed by atoms with Crippen LogP contribution in [0.4, 0.5) is 4.79 Å². The molecule has 6 atom stereocenters. The molecule has 0 saturated heterocycles. The lowest BCUT2D eigenvalue weighted by molar-refractivity contribution is -0.131. The number of ether oxygens (including phenoxy) is 2. The molecule has 3 rings (SSSR count). The van der Waals surface area contributed by atoms with Crippen molar-refractivity contribution in [3.63, 3.8) is 0 Å². The van der Waals surface area contributed by atoms with Gasteiger partial charge in [-0.1, -0.05) is 85.8 Å². The van der Waals surface area contributed by atoms with Crippen molar-refractivity contribution >= 4 is 28.6 Å². The van der Waals surface area contributed by atoms with Gasteiger partial charge >= 0.3 is 6.16 Å². The number of hydrogen-bond acceptors (Lipinski definition) is 6. The lowest BCUT2D eigenvalue weighted by Crippen LogP contribution is -2.49. The number of methoxy groups -OCH3 is 1. The molecule has 3 aliphatic carbocycles. The Morgan fingerprint density at radius 1 is 0.939 bits per heavy atom. The van der Waals surface area contributed by atoms with E-state index in [1.165, 1.54) is 25.5 Å². The van der Waals surface area contributed by atoms with Gasteiger partial charge in [-0.2, -0.15) is 0 Å². The van der Waals surface area contributed by atoms with Crippen LogP contribution >= 0.6 is 0 Å². The molecular formula is C41H70O6Si2. The van der Waals surface area contributed by atoms with Crippen molar-refractivity contribution in [2.24, 2.45) is 23.2 Å². The molecule has 49 heavy (non-hydrogen) atoms. The summed E-state index contributed by atoms with van der Waals surface area (Å²) in [4.78, 5) is 24.6. The summed E-state index contributed by atoms with van der Waals surface area (Å²) in [5.74, 6) is 0.978. The minimum absolute atomic E-state index is 0.0279. The van der Waals surface area contributed by atoms with Gasteiger partial charge in [0.1, 0.15) is 0 Å². The predicted molar refractivity (Wildman–Crippen MR) is 208 cm³/mol. The molecule has 0 aromatic carbocycles. The Kier molecular flexibility index (Phi) is 12.8. The zero-order valence-corrected chi connectivity index (χ0v) is 35.8. The van der Waals surface area contributed by atoms with Gasteiger partial charge in [0.05, 0.1) is 19.3 Å². The fourth-order valence-corrected chi connectivity index (χ4v) is 10.5. The Balaban J connectivity index is 1.87. The van der Waals surface area contributed by atoms with Crippen molar-refractivity contribution in [1.82, 2.24) is 0 Å². The molecule has 3 saturated carbocycles. The van der Waals surface area contributed by atoms with Crippen LogP contribution in [0.2, 0.25) is 36.3 Å². The van der Waals surface area contributed by atoms with Crippen LogP contribution < -0.4 is 0 Å². The minimum atomic E-state index is -2.03. The molecule has 0 spiro atoms. The molecule has 0 aromatic heterocycles. The molecule has 3 fully saturated rings. The van der Waals surface area contributed by atoms with Crippen LogP contribution in [0, 0.1) is 23.2 Å². The van der Waals surface area contributed by atoms with Gasteiger partial charge in [0.15, 0.2) is 28.0 Å². The van der Waals surface area contributed by atoms with E-state index in [9.17, 15) is 9.59 Å². The highest BCUT2D eigenvalue weighted by atomic mass is 28.4. The number of fused-ring (bicyclic) bond motifs is 1. The highest BCUT2D eigenvalue weighted by Crippen LogP contribution is 2.59. The van der Waals surface area contributed by atoms with Gasteiger partial charge in [-0.3, -0.25) is 4.79 Å². The van der Waals surface area contributed by atoms with E-state index >= 15 is 0 Å². The average Bonchev–Trinajstić information content (AvgIpc) is 3.32. The van der Waals surface area contributed by atoms with Crippen molar-refractivity contribution < 1.29 is 27.9 Å². The molecule has 3 aliphatic rings. The number of ketones is 1. The van der Waals surface area contributed by atoms with E-state index in [4.69, 9.17) is 13.6 Å². The summed E-state index contributed by atoms with van der Waals surface area (Å²) in [7, 11) is -2.75. The molecule has 0 radical (unpaired) electrons. The van der Waals surface area contributed by atoms with Gasteiger partial charge in [0.2, 0.25) is 0 Å². The third-order valence-corrected chi connectivity index (χ3v) is 22.1. The van der Waals surface area contributed by atoms with Crippen LogP contribution in [0.15, 0.2) is 47.6 Å². The first-order chi connectivity index (χ1) is 22.3. The first-order valence-corrected chi connectivity index (χ1v) is 24.5. The van der Waals surface area contributed by atoms with Crippen LogP contribution in [-0.4, -0.2) is 53.5 Å². The van der Waals surface area contributed by atoms with E-state index in [1.54, 1.807) is 25.5 Å². The topological polar surface area (TPSA) is 71.1 Å². The second-order valence-corrected chi connectivity index (χ2v) is 28.5. The fourth-order valence-electron chi connectivity index (χ4n) is 7.78. The summed E-state index contributed by atoms with van der Waals surface area (Å²) >= 11 is 0. The Labute approximate surface area is 301 Å². The van der Waals surface area contributed by atoms with Crippen LogP contribution in [0.5, 0.6) is 0 Å². The quantitative estimate of drug-likeness (QED) is 0.127. The Bertz CT molecular complexity index is 1320. The molecule has 8 heteroatoms. The summed E-state index contributed by atoms with van der Waals surface area (Å²) in [5.41, 5.74) is 2.85. The van der Waals surface area contributed by atoms with Gasteiger partial charge in [-0.15, -0.1) is 0 Å². The minimum Gasteiger partial charge on any atom is -0.438 e. The summed E-state index contributed by atoms with van der Waals surface area (Å²) in [5, 5.41) is 0.256. The van der Waals surface area contributed by atoms with Crippen molar-refractivity contribution in [3.8, 4) is 0 Å². The molecule has 0 unspecified atom stereocenters. The molecule has 0 bridgehead atoms. The molecule has 0 aliphatic heterocycles. The van der Waals surface area contributed by atoms with Gasteiger partial charge in [0, 0.05) is 6.42 Å². The smallest absolute Gasteiger partial charge is 0.438 e. The Morgan fingerprint density at radius 2 is 1.53 bits per heavy atom. The number of carbonyl (C=O) groups excluding carboxylic acids is 2. The second-order valence-electron chi connectivity index (χ2n) is 19.0. The van der Waals surface area contributed by atoms with Gasteiger partial charge in [-0.25, -0.2) is 4.79 Å². The van der Waals surface area contributed by atoms with Crippen molar-refractivity contribution in [3.05, 3.63) is 47.6 Å². The lowest BCUT2D eigenvalue weighted by atomic mass is 9.61. The zero-order valence-electron chi connectivity index (χ0n) is 33.8. The van der Waals surface area contributed by atoms with E-state index < -0.39 is 28.4 Å². The molecule has 6 nitrogen and oxygen atoms in total. The number of allylic oxidation sites excluding steroid dienone is 4. The summed E-state index contributed by atoms with van der Waals surface area (Å²) in [6, 6.07) is 0. The lowest BCUT2D eigenvalue weighted by Gasteiger charge is -2.45. The number of carbonyl (C=O) groups is 2. The van der Waals surface area contributed by atoms with Crippen molar-refractivity contribution in [1.29, 1.82) is 0 Å². The summed E-state index contributed by atoms with van der Waals surface area (Å²) < 4.78 is 23.9. The summed E-state index contributed by atoms with van der Waals surface area (Å²) in [6.45, 7) is 35.8. The van der Waals surface area contributed by atoms with Gasteiger partial charge in [0.25, 0.3) is 0 Å². The second kappa shape index (κ2) is 15.1.